The number of hydrogen-bond donors (Lipinski definition) is 0. The van der Waals surface area contributed by atoms with Crippen LogP contribution in [-0.2, 0) is 17.8 Å². The Kier molecular flexibility index (Phi) is 7.32. The number of rotatable bonds is 8. The first-order valence-corrected chi connectivity index (χ1v) is 11.7. The van der Waals surface area contributed by atoms with Crippen molar-refractivity contribution in [1.29, 1.82) is 0 Å². The molecule has 2 aromatic carbocycles. The molecule has 0 unspecified atom stereocenters. The van der Waals surface area contributed by atoms with E-state index in [1.54, 1.807) is 0 Å². The first kappa shape index (κ1) is 22.2. The molecule has 0 radical (unpaired) electrons. The summed E-state index contributed by atoms with van der Waals surface area (Å²) in [4.78, 5) is 29.3. The van der Waals surface area contributed by atoms with Crippen LogP contribution in [0.15, 0.2) is 54.6 Å². The highest BCUT2D eigenvalue weighted by Gasteiger charge is 2.22. The number of fused-ring (bicyclic) bond motifs is 1. The maximum Gasteiger partial charge on any atom is 0.224 e. The molecule has 6 nitrogen and oxygen atoms in total. The zero-order valence-corrected chi connectivity index (χ0v) is 19.2. The number of piperazine rings is 1. The lowest BCUT2D eigenvalue weighted by Crippen LogP contribution is -2.49. The zero-order valence-electron chi connectivity index (χ0n) is 19.2. The van der Waals surface area contributed by atoms with Crippen LogP contribution in [0.4, 0.5) is 5.82 Å². The Bertz CT molecular complexity index is 1030. The van der Waals surface area contributed by atoms with Crippen molar-refractivity contribution in [3.05, 3.63) is 66.0 Å². The Hall–Kier alpha value is -2.99. The summed E-state index contributed by atoms with van der Waals surface area (Å²) >= 11 is 0. The summed E-state index contributed by atoms with van der Waals surface area (Å²) in [5.74, 6) is 1.98. The molecule has 1 saturated heterocycles. The summed E-state index contributed by atoms with van der Waals surface area (Å²) in [6.45, 7) is 10.2. The van der Waals surface area contributed by atoms with Crippen LogP contribution in [0, 0.1) is 0 Å². The highest BCUT2D eigenvalue weighted by Crippen LogP contribution is 2.26. The second-order valence-electron chi connectivity index (χ2n) is 8.31. The number of aryl methyl sites for hydroxylation is 1. The normalized spacial score (nSPS) is 14.6. The molecule has 1 aliphatic rings. The van der Waals surface area contributed by atoms with Gasteiger partial charge in [0.05, 0.1) is 5.52 Å². The topological polar surface area (TPSA) is 52.6 Å². The van der Waals surface area contributed by atoms with Crippen molar-refractivity contribution in [3.8, 4) is 0 Å². The van der Waals surface area contributed by atoms with E-state index in [4.69, 9.17) is 9.97 Å². The van der Waals surface area contributed by atoms with E-state index in [0.717, 1.165) is 61.7 Å². The minimum Gasteiger partial charge on any atom is -0.351 e. The monoisotopic (exact) mass is 431 g/mol. The number of benzene rings is 2. The molecule has 6 heteroatoms. The van der Waals surface area contributed by atoms with E-state index >= 15 is 0 Å². The SMILES string of the molecule is CCc1nc(N(CCC(=O)N2CCN(CC)CC2)Cc2ccccc2)c2ccccc2n1. The molecule has 2 heterocycles. The van der Waals surface area contributed by atoms with Gasteiger partial charge in [0.1, 0.15) is 11.6 Å². The van der Waals surface area contributed by atoms with E-state index in [1.165, 1.54) is 5.56 Å². The van der Waals surface area contributed by atoms with Gasteiger partial charge in [0.25, 0.3) is 0 Å². The number of carbonyl (C=O) groups is 1. The van der Waals surface area contributed by atoms with Crippen LogP contribution in [0.1, 0.15) is 31.7 Å². The van der Waals surface area contributed by atoms with E-state index in [0.29, 0.717) is 19.5 Å². The highest BCUT2D eigenvalue weighted by atomic mass is 16.2. The van der Waals surface area contributed by atoms with Gasteiger partial charge in [-0.1, -0.05) is 56.3 Å². The molecule has 4 rings (SSSR count). The summed E-state index contributed by atoms with van der Waals surface area (Å²) in [6, 6.07) is 18.6. The second-order valence-corrected chi connectivity index (χ2v) is 8.31. The van der Waals surface area contributed by atoms with Gasteiger partial charge in [-0.3, -0.25) is 4.79 Å². The molecule has 1 aromatic heterocycles. The van der Waals surface area contributed by atoms with E-state index in [9.17, 15) is 4.79 Å². The van der Waals surface area contributed by atoms with Gasteiger partial charge in [-0.15, -0.1) is 0 Å². The fourth-order valence-corrected chi connectivity index (χ4v) is 4.27. The third-order valence-electron chi connectivity index (χ3n) is 6.23. The third kappa shape index (κ3) is 5.25. The lowest BCUT2D eigenvalue weighted by atomic mass is 10.1. The molecule has 0 spiro atoms. The molecule has 0 saturated carbocycles. The van der Waals surface area contributed by atoms with Crippen molar-refractivity contribution in [2.45, 2.75) is 33.2 Å². The lowest BCUT2D eigenvalue weighted by molar-refractivity contribution is -0.132. The number of amides is 1. The Labute approximate surface area is 190 Å². The number of para-hydroxylation sites is 1. The molecule has 3 aromatic rings. The Morgan fingerprint density at radius 2 is 1.66 bits per heavy atom. The van der Waals surface area contributed by atoms with Gasteiger partial charge in [0, 0.05) is 57.5 Å². The minimum absolute atomic E-state index is 0.230. The molecule has 0 aliphatic carbocycles. The summed E-state index contributed by atoms with van der Waals surface area (Å²) < 4.78 is 0. The molecule has 1 aliphatic heterocycles. The summed E-state index contributed by atoms with van der Waals surface area (Å²) in [5.41, 5.74) is 2.16. The molecule has 168 valence electrons. The molecule has 0 N–H and O–H groups in total. The van der Waals surface area contributed by atoms with Crippen LogP contribution in [0.25, 0.3) is 10.9 Å². The fourth-order valence-electron chi connectivity index (χ4n) is 4.27. The molecule has 32 heavy (non-hydrogen) atoms. The molecule has 1 fully saturated rings. The van der Waals surface area contributed by atoms with Crippen LogP contribution in [0.3, 0.4) is 0 Å². The number of nitrogens with zero attached hydrogens (tertiary/aromatic N) is 5. The number of carbonyl (C=O) groups excluding carboxylic acids is 1. The molecular weight excluding hydrogens is 398 g/mol. The van der Waals surface area contributed by atoms with Crippen LogP contribution in [0.2, 0.25) is 0 Å². The third-order valence-corrected chi connectivity index (χ3v) is 6.23. The van der Waals surface area contributed by atoms with Gasteiger partial charge in [-0.2, -0.15) is 0 Å². The maximum absolute atomic E-state index is 13.0. The van der Waals surface area contributed by atoms with Crippen molar-refractivity contribution in [2.75, 3.05) is 44.2 Å². The first-order chi connectivity index (χ1) is 15.7. The van der Waals surface area contributed by atoms with Gasteiger partial charge in [-0.05, 0) is 24.2 Å². The van der Waals surface area contributed by atoms with Crippen molar-refractivity contribution in [1.82, 2.24) is 19.8 Å². The summed E-state index contributed by atoms with van der Waals surface area (Å²) in [6.07, 6.45) is 1.26. The van der Waals surface area contributed by atoms with Gasteiger partial charge in [0.15, 0.2) is 0 Å². The smallest absolute Gasteiger partial charge is 0.224 e. The zero-order chi connectivity index (χ0) is 22.3. The number of anilines is 1. The number of likely N-dealkylation sites (N-methyl/N-ethyl adjacent to an activating group) is 1. The maximum atomic E-state index is 13.0. The number of hydrogen-bond acceptors (Lipinski definition) is 5. The van der Waals surface area contributed by atoms with Gasteiger partial charge >= 0.3 is 0 Å². The van der Waals surface area contributed by atoms with E-state index in [1.807, 2.05) is 29.2 Å². The molecule has 0 bridgehead atoms. The predicted molar refractivity (Wildman–Crippen MR) is 130 cm³/mol. The van der Waals surface area contributed by atoms with Crippen LogP contribution < -0.4 is 4.90 Å². The van der Waals surface area contributed by atoms with Crippen molar-refractivity contribution in [2.24, 2.45) is 0 Å². The largest absolute Gasteiger partial charge is 0.351 e. The van der Waals surface area contributed by atoms with Crippen LogP contribution in [0.5, 0.6) is 0 Å². The second kappa shape index (κ2) is 10.6. The minimum atomic E-state index is 0.230. The summed E-state index contributed by atoms with van der Waals surface area (Å²) in [5, 5.41) is 1.03. The standard InChI is InChI=1S/C26H33N5O/c1-3-24-27-23-13-9-8-12-22(23)26(28-24)31(20-21-10-6-5-7-11-21)15-14-25(32)30-18-16-29(4-2)17-19-30/h5-13H,3-4,14-20H2,1-2H3. The van der Waals surface area contributed by atoms with Crippen LogP contribution >= 0.6 is 0 Å². The Balaban J connectivity index is 1.57. The quantitative estimate of drug-likeness (QED) is 0.544. The van der Waals surface area contributed by atoms with Crippen LogP contribution in [-0.4, -0.2) is 64.9 Å². The first-order valence-electron chi connectivity index (χ1n) is 11.7. The predicted octanol–water partition coefficient (Wildman–Crippen LogP) is 3.75. The van der Waals surface area contributed by atoms with E-state index < -0.39 is 0 Å². The molecule has 0 atom stereocenters. The van der Waals surface area contributed by atoms with Gasteiger partial charge < -0.3 is 14.7 Å². The lowest BCUT2D eigenvalue weighted by Gasteiger charge is -2.34. The average molecular weight is 432 g/mol. The highest BCUT2D eigenvalue weighted by molar-refractivity contribution is 5.89. The average Bonchev–Trinajstić information content (AvgIpc) is 2.86. The van der Waals surface area contributed by atoms with Gasteiger partial charge in [-0.25, -0.2) is 9.97 Å². The molecule has 1 amide bonds. The van der Waals surface area contributed by atoms with Crippen molar-refractivity contribution < 1.29 is 4.79 Å². The van der Waals surface area contributed by atoms with Crippen molar-refractivity contribution in [3.63, 3.8) is 0 Å². The summed E-state index contributed by atoms with van der Waals surface area (Å²) in [7, 11) is 0. The Morgan fingerprint density at radius 1 is 0.938 bits per heavy atom. The fraction of sp³-hybridized carbons (Fsp3) is 0.423. The number of aromatic nitrogens is 2. The van der Waals surface area contributed by atoms with E-state index in [2.05, 4.69) is 54.0 Å². The van der Waals surface area contributed by atoms with Crippen molar-refractivity contribution >= 4 is 22.6 Å². The molecular formula is C26H33N5O. The van der Waals surface area contributed by atoms with E-state index in [-0.39, 0.29) is 5.91 Å². The Morgan fingerprint density at radius 3 is 2.38 bits per heavy atom. The van der Waals surface area contributed by atoms with Gasteiger partial charge in [0.2, 0.25) is 5.91 Å².